The highest BCUT2D eigenvalue weighted by atomic mass is 32.2. The molecule has 10 heteroatoms. The molecular weight excluding hydrogens is 407 g/mol. The molecule has 0 aromatic heterocycles. The van der Waals surface area contributed by atoms with Crippen molar-refractivity contribution in [3.8, 4) is 6.07 Å². The quantitative estimate of drug-likeness (QED) is 0.766. The number of piperidine rings is 1. The lowest BCUT2D eigenvalue weighted by atomic mass is 9.97. The van der Waals surface area contributed by atoms with Crippen LogP contribution in [-0.2, 0) is 14.8 Å². The second-order valence-corrected chi connectivity index (χ2v) is 8.46. The van der Waals surface area contributed by atoms with Crippen LogP contribution < -0.4 is 5.32 Å². The third kappa shape index (κ3) is 4.26. The fourth-order valence-electron chi connectivity index (χ4n) is 3.07. The summed E-state index contributed by atoms with van der Waals surface area (Å²) < 4.78 is 66.6. The Morgan fingerprint density at radius 3 is 2.24 bits per heavy atom. The van der Waals surface area contributed by atoms with Crippen molar-refractivity contribution in [2.24, 2.45) is 5.92 Å². The number of nitrogens with one attached hydrogen (secondary N) is 1. The predicted octanol–water partition coefficient (Wildman–Crippen LogP) is 3.01. The fourth-order valence-corrected chi connectivity index (χ4v) is 4.54. The van der Waals surface area contributed by atoms with Gasteiger partial charge in [0.2, 0.25) is 15.9 Å². The van der Waals surface area contributed by atoms with E-state index >= 15 is 0 Å². The highest BCUT2D eigenvalue weighted by molar-refractivity contribution is 7.89. The van der Waals surface area contributed by atoms with Gasteiger partial charge < -0.3 is 5.32 Å². The zero-order chi connectivity index (χ0) is 21.2. The van der Waals surface area contributed by atoms with Gasteiger partial charge in [-0.25, -0.2) is 21.6 Å². The Bertz CT molecular complexity index is 1070. The lowest BCUT2D eigenvalue weighted by molar-refractivity contribution is -0.120. The second-order valence-electron chi connectivity index (χ2n) is 6.53. The third-order valence-electron chi connectivity index (χ3n) is 4.74. The van der Waals surface area contributed by atoms with Gasteiger partial charge in [0, 0.05) is 19.0 Å². The first-order valence-electron chi connectivity index (χ1n) is 8.68. The number of amides is 1. The molecule has 2 aromatic carbocycles. The summed E-state index contributed by atoms with van der Waals surface area (Å²) in [6, 6.07) is 9.05. The summed E-state index contributed by atoms with van der Waals surface area (Å²) >= 11 is 0. The zero-order valence-electron chi connectivity index (χ0n) is 15.0. The van der Waals surface area contributed by atoms with Crippen LogP contribution in [0.4, 0.5) is 18.9 Å². The molecule has 0 aliphatic carbocycles. The van der Waals surface area contributed by atoms with Crippen molar-refractivity contribution in [2.75, 3.05) is 18.4 Å². The molecule has 0 bridgehead atoms. The highest BCUT2D eigenvalue weighted by Gasteiger charge is 2.32. The standard InChI is InChI=1S/C19H16F3N3O3S/c20-15-5-6-16(18(22)17(15)21)24-19(26)13-7-9-25(10-8-13)29(27,28)14-3-1-12(11-23)2-4-14/h1-6,13H,7-10H2,(H,24,26). The number of halogens is 3. The zero-order valence-corrected chi connectivity index (χ0v) is 15.8. The molecule has 1 saturated heterocycles. The average Bonchev–Trinajstić information content (AvgIpc) is 2.74. The van der Waals surface area contributed by atoms with Crippen LogP contribution in [-0.4, -0.2) is 31.7 Å². The number of nitriles is 1. The minimum Gasteiger partial charge on any atom is -0.323 e. The molecule has 1 fully saturated rings. The number of hydrogen-bond donors (Lipinski definition) is 1. The number of hydrogen-bond acceptors (Lipinski definition) is 4. The first-order chi connectivity index (χ1) is 13.7. The van der Waals surface area contributed by atoms with E-state index in [1.807, 2.05) is 6.07 Å². The van der Waals surface area contributed by atoms with Gasteiger partial charge in [-0.2, -0.15) is 9.57 Å². The molecule has 0 saturated carbocycles. The topological polar surface area (TPSA) is 90.3 Å². The van der Waals surface area contributed by atoms with Crippen molar-refractivity contribution in [1.29, 1.82) is 5.26 Å². The minimum atomic E-state index is -3.77. The molecule has 1 aliphatic heterocycles. The Balaban J connectivity index is 1.64. The van der Waals surface area contributed by atoms with Crippen LogP contribution in [0.25, 0.3) is 0 Å². The molecule has 2 aromatic rings. The van der Waals surface area contributed by atoms with Gasteiger partial charge in [-0.1, -0.05) is 0 Å². The van der Waals surface area contributed by atoms with Crippen molar-refractivity contribution in [2.45, 2.75) is 17.7 Å². The predicted molar refractivity (Wildman–Crippen MR) is 97.6 cm³/mol. The molecule has 0 unspecified atom stereocenters. The molecule has 3 rings (SSSR count). The van der Waals surface area contributed by atoms with Gasteiger partial charge in [-0.3, -0.25) is 4.79 Å². The lowest BCUT2D eigenvalue weighted by Gasteiger charge is -2.30. The van der Waals surface area contributed by atoms with E-state index in [0.717, 1.165) is 6.07 Å². The Kier molecular flexibility index (Phi) is 5.91. The number of anilines is 1. The van der Waals surface area contributed by atoms with Crippen LogP contribution in [0.15, 0.2) is 41.3 Å². The van der Waals surface area contributed by atoms with Gasteiger partial charge >= 0.3 is 0 Å². The average molecular weight is 423 g/mol. The van der Waals surface area contributed by atoms with Crippen molar-refractivity contribution in [3.63, 3.8) is 0 Å². The number of nitrogens with zero attached hydrogens (tertiary/aromatic N) is 2. The maximum absolute atomic E-state index is 13.7. The normalized spacial score (nSPS) is 15.7. The Morgan fingerprint density at radius 2 is 1.66 bits per heavy atom. The maximum atomic E-state index is 13.7. The van der Waals surface area contributed by atoms with Crippen molar-refractivity contribution in [1.82, 2.24) is 4.31 Å². The number of carbonyl (C=O) groups is 1. The maximum Gasteiger partial charge on any atom is 0.243 e. The van der Waals surface area contributed by atoms with Gasteiger partial charge in [0.15, 0.2) is 17.5 Å². The van der Waals surface area contributed by atoms with Crippen molar-refractivity contribution in [3.05, 3.63) is 59.4 Å². The van der Waals surface area contributed by atoms with Crippen LogP contribution in [0.3, 0.4) is 0 Å². The van der Waals surface area contributed by atoms with Crippen LogP contribution in [0.1, 0.15) is 18.4 Å². The molecule has 0 atom stereocenters. The van der Waals surface area contributed by atoms with Crippen LogP contribution in [0.5, 0.6) is 0 Å². The van der Waals surface area contributed by atoms with E-state index < -0.39 is 45.0 Å². The fraction of sp³-hybridized carbons (Fsp3) is 0.263. The van der Waals surface area contributed by atoms with E-state index in [1.54, 1.807) is 0 Å². The summed E-state index contributed by atoms with van der Waals surface area (Å²) in [6.07, 6.45) is 0.374. The van der Waals surface area contributed by atoms with Crippen LogP contribution >= 0.6 is 0 Å². The van der Waals surface area contributed by atoms with Crippen molar-refractivity contribution >= 4 is 21.6 Å². The molecule has 1 heterocycles. The number of benzene rings is 2. The van der Waals surface area contributed by atoms with Gasteiger partial charge in [0.1, 0.15) is 0 Å². The summed E-state index contributed by atoms with van der Waals surface area (Å²) in [5.74, 6) is -5.72. The monoisotopic (exact) mass is 423 g/mol. The van der Waals surface area contributed by atoms with E-state index in [4.69, 9.17) is 5.26 Å². The molecular formula is C19H16F3N3O3S. The minimum absolute atomic E-state index is 0.0447. The Morgan fingerprint density at radius 1 is 1.03 bits per heavy atom. The first kappa shape index (κ1) is 20.8. The molecule has 0 radical (unpaired) electrons. The molecule has 1 aliphatic rings. The number of carbonyl (C=O) groups excluding carboxylic acids is 1. The van der Waals surface area contributed by atoms with Crippen molar-refractivity contribution < 1.29 is 26.4 Å². The molecule has 0 spiro atoms. The number of sulfonamides is 1. The summed E-state index contributed by atoms with van der Waals surface area (Å²) in [4.78, 5) is 12.4. The second kappa shape index (κ2) is 8.23. The Hall–Kier alpha value is -2.90. The molecule has 1 N–H and O–H groups in total. The largest absolute Gasteiger partial charge is 0.323 e. The van der Waals surface area contributed by atoms with Gasteiger partial charge in [0.05, 0.1) is 22.2 Å². The Labute approximate surface area is 165 Å². The summed E-state index contributed by atoms with van der Waals surface area (Å²) in [7, 11) is -3.77. The van der Waals surface area contributed by atoms with Crippen LogP contribution in [0, 0.1) is 34.7 Å². The van der Waals surface area contributed by atoms with E-state index in [9.17, 15) is 26.4 Å². The van der Waals surface area contributed by atoms with Gasteiger partial charge in [0.25, 0.3) is 0 Å². The first-order valence-corrected chi connectivity index (χ1v) is 10.1. The summed E-state index contributed by atoms with van der Waals surface area (Å²) in [5, 5.41) is 11.0. The van der Waals surface area contributed by atoms with Crippen LogP contribution in [0.2, 0.25) is 0 Å². The van der Waals surface area contributed by atoms with E-state index in [1.165, 1.54) is 28.6 Å². The van der Waals surface area contributed by atoms with Gasteiger partial charge in [-0.05, 0) is 49.2 Å². The molecule has 6 nitrogen and oxygen atoms in total. The lowest BCUT2D eigenvalue weighted by Crippen LogP contribution is -2.41. The smallest absolute Gasteiger partial charge is 0.243 e. The third-order valence-corrected chi connectivity index (χ3v) is 6.65. The molecule has 29 heavy (non-hydrogen) atoms. The van der Waals surface area contributed by atoms with E-state index in [0.29, 0.717) is 11.6 Å². The number of rotatable bonds is 4. The highest BCUT2D eigenvalue weighted by Crippen LogP contribution is 2.26. The summed E-state index contributed by atoms with van der Waals surface area (Å²) in [5.41, 5.74) is -0.134. The molecule has 1 amide bonds. The van der Waals surface area contributed by atoms with E-state index in [2.05, 4.69) is 5.32 Å². The molecule has 152 valence electrons. The SMILES string of the molecule is N#Cc1ccc(S(=O)(=O)N2CCC(C(=O)Nc3ccc(F)c(F)c3F)CC2)cc1. The summed E-state index contributed by atoms with van der Waals surface area (Å²) in [6.45, 7) is 0.140. The van der Waals surface area contributed by atoms with E-state index in [-0.39, 0.29) is 30.8 Å². The van der Waals surface area contributed by atoms with Gasteiger partial charge in [-0.15, -0.1) is 0 Å².